The Hall–Kier alpha value is -2.01. The molecular formula is C18H15IN2. The van der Waals surface area contributed by atoms with Crippen LogP contribution in [0.3, 0.4) is 0 Å². The van der Waals surface area contributed by atoms with E-state index in [1.807, 2.05) is 30.3 Å². The molecule has 0 saturated carbocycles. The van der Waals surface area contributed by atoms with Crippen molar-refractivity contribution in [3.05, 3.63) is 76.4 Å². The number of nitrogens with two attached hydrogens (primary N) is 1. The molecule has 0 saturated heterocycles. The number of rotatable bonds is 3. The number of benzene rings is 3. The molecule has 0 atom stereocenters. The molecule has 3 aromatic carbocycles. The van der Waals surface area contributed by atoms with E-state index in [2.05, 4.69) is 70.4 Å². The zero-order chi connectivity index (χ0) is 14.7. The van der Waals surface area contributed by atoms with Crippen LogP contribution in [0.4, 0.5) is 17.1 Å². The molecule has 0 radical (unpaired) electrons. The minimum atomic E-state index is 0.779. The van der Waals surface area contributed by atoms with Crippen LogP contribution in [-0.4, -0.2) is 0 Å². The number of hydrogen-bond acceptors (Lipinski definition) is 2. The zero-order valence-electron chi connectivity index (χ0n) is 11.4. The summed E-state index contributed by atoms with van der Waals surface area (Å²) in [6.45, 7) is 0. The van der Waals surface area contributed by atoms with Crippen molar-refractivity contribution in [3.8, 4) is 11.1 Å². The maximum atomic E-state index is 5.81. The van der Waals surface area contributed by atoms with Crippen molar-refractivity contribution in [1.29, 1.82) is 0 Å². The number of hydrogen-bond donors (Lipinski definition) is 2. The van der Waals surface area contributed by atoms with E-state index in [1.54, 1.807) is 0 Å². The third kappa shape index (κ3) is 3.19. The summed E-state index contributed by atoms with van der Waals surface area (Å²) in [5.41, 5.74) is 11.1. The molecule has 0 heterocycles. The van der Waals surface area contributed by atoms with E-state index in [0.717, 1.165) is 20.6 Å². The first-order valence-corrected chi connectivity index (χ1v) is 7.78. The summed E-state index contributed by atoms with van der Waals surface area (Å²) in [5.74, 6) is 0. The van der Waals surface area contributed by atoms with Crippen LogP contribution in [-0.2, 0) is 0 Å². The van der Waals surface area contributed by atoms with E-state index in [0.29, 0.717) is 0 Å². The predicted octanol–water partition coefficient (Wildman–Crippen LogP) is 5.28. The van der Waals surface area contributed by atoms with Crippen molar-refractivity contribution < 1.29 is 0 Å². The van der Waals surface area contributed by atoms with Crippen molar-refractivity contribution in [2.45, 2.75) is 0 Å². The molecule has 0 amide bonds. The third-order valence-corrected chi connectivity index (χ3v) is 4.17. The lowest BCUT2D eigenvalue weighted by molar-refractivity contribution is 1.51. The Bertz CT molecular complexity index is 754. The van der Waals surface area contributed by atoms with Crippen LogP contribution in [0.25, 0.3) is 11.1 Å². The Morgan fingerprint density at radius 1 is 0.762 bits per heavy atom. The van der Waals surface area contributed by atoms with Gasteiger partial charge in [-0.15, -0.1) is 0 Å². The summed E-state index contributed by atoms with van der Waals surface area (Å²) >= 11 is 2.30. The van der Waals surface area contributed by atoms with Gasteiger partial charge in [0.2, 0.25) is 0 Å². The predicted molar refractivity (Wildman–Crippen MR) is 98.7 cm³/mol. The molecule has 3 heteroatoms. The molecule has 21 heavy (non-hydrogen) atoms. The molecule has 0 unspecified atom stereocenters. The smallest absolute Gasteiger partial charge is 0.0521 e. The van der Waals surface area contributed by atoms with Crippen molar-refractivity contribution in [1.82, 2.24) is 0 Å². The van der Waals surface area contributed by atoms with Crippen molar-refractivity contribution in [3.63, 3.8) is 0 Å². The lowest BCUT2D eigenvalue weighted by Gasteiger charge is -2.14. The van der Waals surface area contributed by atoms with Gasteiger partial charge in [0, 0.05) is 20.5 Å². The molecule has 0 bridgehead atoms. The maximum Gasteiger partial charge on any atom is 0.0521 e. The molecule has 0 aromatic heterocycles. The number of nitrogens with one attached hydrogen (secondary N) is 1. The molecule has 3 rings (SSSR count). The first-order valence-electron chi connectivity index (χ1n) is 6.70. The van der Waals surface area contributed by atoms with Crippen LogP contribution >= 0.6 is 22.6 Å². The zero-order valence-corrected chi connectivity index (χ0v) is 13.5. The van der Waals surface area contributed by atoms with Gasteiger partial charge in [-0.25, -0.2) is 0 Å². The van der Waals surface area contributed by atoms with Crippen LogP contribution in [0.5, 0.6) is 0 Å². The largest absolute Gasteiger partial charge is 0.399 e. The quantitative estimate of drug-likeness (QED) is 0.475. The van der Waals surface area contributed by atoms with Gasteiger partial charge in [0.05, 0.1) is 5.69 Å². The van der Waals surface area contributed by atoms with Gasteiger partial charge >= 0.3 is 0 Å². The second kappa shape index (κ2) is 6.18. The van der Waals surface area contributed by atoms with E-state index in [4.69, 9.17) is 5.73 Å². The summed E-state index contributed by atoms with van der Waals surface area (Å²) in [6, 6.07) is 24.6. The van der Waals surface area contributed by atoms with Crippen LogP contribution in [0.15, 0.2) is 72.8 Å². The summed E-state index contributed by atoms with van der Waals surface area (Å²) in [6.07, 6.45) is 0. The summed E-state index contributed by atoms with van der Waals surface area (Å²) in [5, 5.41) is 3.50. The van der Waals surface area contributed by atoms with Gasteiger partial charge in [0.15, 0.2) is 0 Å². The fourth-order valence-electron chi connectivity index (χ4n) is 2.24. The SMILES string of the molecule is Nc1ccc(Nc2ccccc2-c2ccccc2)c(I)c1. The minimum absolute atomic E-state index is 0.779. The molecule has 2 nitrogen and oxygen atoms in total. The van der Waals surface area contributed by atoms with Crippen LogP contribution in [0.1, 0.15) is 0 Å². The van der Waals surface area contributed by atoms with Crippen LogP contribution < -0.4 is 11.1 Å². The molecule has 3 N–H and O–H groups in total. The van der Waals surface area contributed by atoms with E-state index < -0.39 is 0 Å². The van der Waals surface area contributed by atoms with Gasteiger partial charge in [-0.05, 0) is 52.4 Å². The lowest BCUT2D eigenvalue weighted by Crippen LogP contribution is -1.96. The van der Waals surface area contributed by atoms with Crippen molar-refractivity contribution in [2.75, 3.05) is 11.1 Å². The van der Waals surface area contributed by atoms with E-state index in [-0.39, 0.29) is 0 Å². The Morgan fingerprint density at radius 2 is 1.48 bits per heavy atom. The van der Waals surface area contributed by atoms with Gasteiger partial charge in [-0.3, -0.25) is 0 Å². The van der Waals surface area contributed by atoms with E-state index in [1.165, 1.54) is 11.1 Å². The topological polar surface area (TPSA) is 38.0 Å². The average Bonchev–Trinajstić information content (AvgIpc) is 2.51. The van der Waals surface area contributed by atoms with Crippen LogP contribution in [0.2, 0.25) is 0 Å². The first-order chi connectivity index (χ1) is 10.2. The van der Waals surface area contributed by atoms with Gasteiger partial charge in [0.1, 0.15) is 0 Å². The fraction of sp³-hybridized carbons (Fsp3) is 0. The van der Waals surface area contributed by atoms with Gasteiger partial charge in [0.25, 0.3) is 0 Å². The van der Waals surface area contributed by atoms with E-state index in [9.17, 15) is 0 Å². The summed E-state index contributed by atoms with van der Waals surface area (Å²) < 4.78 is 1.11. The van der Waals surface area contributed by atoms with Crippen molar-refractivity contribution >= 4 is 39.7 Å². The molecule has 0 fully saturated rings. The molecule has 3 aromatic rings. The third-order valence-electron chi connectivity index (χ3n) is 3.27. The lowest BCUT2D eigenvalue weighted by atomic mass is 10.0. The molecule has 0 aliphatic carbocycles. The molecule has 104 valence electrons. The Balaban J connectivity index is 2.00. The highest BCUT2D eigenvalue weighted by Crippen LogP contribution is 2.32. The Kier molecular flexibility index (Phi) is 4.10. The number of halogens is 1. The first kappa shape index (κ1) is 13.9. The number of para-hydroxylation sites is 1. The maximum absolute atomic E-state index is 5.81. The standard InChI is InChI=1S/C18H15IN2/c19-16-12-14(20)10-11-18(16)21-17-9-5-4-8-15(17)13-6-2-1-3-7-13/h1-12,21H,20H2. The molecule has 0 spiro atoms. The normalized spacial score (nSPS) is 10.3. The highest BCUT2D eigenvalue weighted by atomic mass is 127. The monoisotopic (exact) mass is 386 g/mol. The molecule has 0 aliphatic heterocycles. The molecular weight excluding hydrogens is 371 g/mol. The Morgan fingerprint density at radius 3 is 2.24 bits per heavy atom. The van der Waals surface area contributed by atoms with Crippen molar-refractivity contribution in [2.24, 2.45) is 0 Å². The minimum Gasteiger partial charge on any atom is -0.399 e. The van der Waals surface area contributed by atoms with Gasteiger partial charge in [-0.1, -0.05) is 48.5 Å². The second-order valence-electron chi connectivity index (χ2n) is 4.78. The van der Waals surface area contributed by atoms with Crippen LogP contribution in [0, 0.1) is 3.57 Å². The highest BCUT2D eigenvalue weighted by molar-refractivity contribution is 14.1. The Labute approximate surface area is 138 Å². The second-order valence-corrected chi connectivity index (χ2v) is 5.94. The summed E-state index contributed by atoms with van der Waals surface area (Å²) in [4.78, 5) is 0. The average molecular weight is 386 g/mol. The fourth-order valence-corrected chi connectivity index (χ4v) is 2.91. The highest BCUT2D eigenvalue weighted by Gasteiger charge is 2.06. The van der Waals surface area contributed by atoms with E-state index >= 15 is 0 Å². The number of anilines is 3. The number of nitrogen functional groups attached to an aromatic ring is 1. The van der Waals surface area contributed by atoms with Gasteiger partial charge < -0.3 is 11.1 Å². The van der Waals surface area contributed by atoms with Gasteiger partial charge in [-0.2, -0.15) is 0 Å². The summed E-state index contributed by atoms with van der Waals surface area (Å²) in [7, 11) is 0. The molecule has 0 aliphatic rings.